The van der Waals surface area contributed by atoms with Crippen molar-refractivity contribution in [2.24, 2.45) is 0 Å². The van der Waals surface area contributed by atoms with Gasteiger partial charge < -0.3 is 14.4 Å². The van der Waals surface area contributed by atoms with Crippen molar-refractivity contribution in [1.29, 1.82) is 0 Å². The van der Waals surface area contributed by atoms with Crippen LogP contribution >= 0.6 is 0 Å². The molecule has 1 heterocycles. The quantitative estimate of drug-likeness (QED) is 0.868. The molecule has 0 aliphatic heterocycles. The molecule has 0 amide bonds. The van der Waals surface area contributed by atoms with Gasteiger partial charge >= 0.3 is 5.97 Å². The number of rotatable bonds is 4. The maximum atomic E-state index is 13.4. The van der Waals surface area contributed by atoms with Crippen molar-refractivity contribution in [3.63, 3.8) is 0 Å². The Bertz CT molecular complexity index is 527. The predicted molar refractivity (Wildman–Crippen MR) is 52.0 cm³/mol. The molecule has 7 heteroatoms. The lowest BCUT2D eigenvalue weighted by molar-refractivity contribution is 0.0690. The van der Waals surface area contributed by atoms with Crippen LogP contribution in [0.4, 0.5) is 4.39 Å². The smallest absolute Gasteiger partial charge is 0.339 e. The summed E-state index contributed by atoms with van der Waals surface area (Å²) in [6.07, 6.45) is 1.10. The highest BCUT2D eigenvalue weighted by molar-refractivity contribution is 5.90. The number of aromatic carboxylic acids is 1. The summed E-state index contributed by atoms with van der Waals surface area (Å²) in [5, 5.41) is 12.3. The largest absolute Gasteiger partial charge is 0.481 e. The van der Waals surface area contributed by atoms with Crippen LogP contribution in [0.2, 0.25) is 0 Å². The first-order valence-electron chi connectivity index (χ1n) is 4.58. The van der Waals surface area contributed by atoms with Crippen LogP contribution in [-0.2, 0) is 6.61 Å². The van der Waals surface area contributed by atoms with Crippen molar-refractivity contribution >= 4 is 5.97 Å². The third-order valence-electron chi connectivity index (χ3n) is 1.95. The summed E-state index contributed by atoms with van der Waals surface area (Å²) in [6, 6.07) is 3.65. The first-order chi connectivity index (χ1) is 8.18. The molecule has 2 aromatic rings. The van der Waals surface area contributed by atoms with E-state index in [1.807, 2.05) is 0 Å². The van der Waals surface area contributed by atoms with Crippen molar-refractivity contribution in [3.8, 4) is 5.75 Å². The number of ether oxygens (including phenoxy) is 1. The summed E-state index contributed by atoms with van der Waals surface area (Å²) in [6.45, 7) is -0.169. The Hall–Kier alpha value is -2.44. The molecule has 0 spiro atoms. The minimum absolute atomic E-state index is 0.169. The number of carboxylic acids is 1. The lowest BCUT2D eigenvalue weighted by Gasteiger charge is -2.07. The van der Waals surface area contributed by atoms with Crippen molar-refractivity contribution in [1.82, 2.24) is 10.1 Å². The van der Waals surface area contributed by atoms with E-state index < -0.39 is 11.8 Å². The maximum Gasteiger partial charge on any atom is 0.339 e. The van der Waals surface area contributed by atoms with Crippen molar-refractivity contribution in [2.75, 3.05) is 0 Å². The monoisotopic (exact) mass is 238 g/mol. The van der Waals surface area contributed by atoms with Gasteiger partial charge in [0.05, 0.1) is 0 Å². The molecule has 88 valence electrons. The number of para-hydroxylation sites is 1. The second-order valence-corrected chi connectivity index (χ2v) is 3.06. The first-order valence-corrected chi connectivity index (χ1v) is 4.58. The van der Waals surface area contributed by atoms with E-state index in [1.54, 1.807) is 0 Å². The number of carbonyl (C=O) groups is 1. The fraction of sp³-hybridized carbons (Fsp3) is 0.100. The normalized spacial score (nSPS) is 10.2. The fourth-order valence-electron chi connectivity index (χ4n) is 1.22. The minimum Gasteiger partial charge on any atom is -0.481 e. The highest BCUT2D eigenvalue weighted by Crippen LogP contribution is 2.23. The topological polar surface area (TPSA) is 85.5 Å². The molecular weight excluding hydrogens is 231 g/mol. The lowest BCUT2D eigenvalue weighted by atomic mass is 10.2. The van der Waals surface area contributed by atoms with E-state index >= 15 is 0 Å². The molecule has 0 saturated carbocycles. The van der Waals surface area contributed by atoms with Gasteiger partial charge in [0.15, 0.2) is 18.2 Å². The second-order valence-electron chi connectivity index (χ2n) is 3.06. The van der Waals surface area contributed by atoms with Crippen LogP contribution in [-0.4, -0.2) is 21.2 Å². The van der Waals surface area contributed by atoms with Crippen LogP contribution in [0.15, 0.2) is 29.1 Å². The number of nitrogens with zero attached hydrogens (tertiary/aromatic N) is 2. The molecule has 17 heavy (non-hydrogen) atoms. The summed E-state index contributed by atoms with van der Waals surface area (Å²) >= 11 is 0. The Morgan fingerprint density at radius 3 is 3.00 bits per heavy atom. The molecule has 1 aromatic carbocycles. The van der Waals surface area contributed by atoms with E-state index in [0.29, 0.717) is 0 Å². The van der Waals surface area contributed by atoms with Gasteiger partial charge in [0.1, 0.15) is 5.56 Å². The standard InChI is InChI=1S/C10H7FN2O4/c11-7-3-1-2-6(10(14)15)9(7)16-4-8-12-5-17-13-8/h1-3,5H,4H2,(H,14,15). The van der Waals surface area contributed by atoms with Crippen LogP contribution in [0.5, 0.6) is 5.75 Å². The number of benzene rings is 1. The lowest BCUT2D eigenvalue weighted by Crippen LogP contribution is -2.06. The van der Waals surface area contributed by atoms with E-state index in [9.17, 15) is 9.18 Å². The molecule has 0 radical (unpaired) electrons. The van der Waals surface area contributed by atoms with E-state index in [2.05, 4.69) is 14.7 Å². The zero-order chi connectivity index (χ0) is 12.3. The van der Waals surface area contributed by atoms with Crippen molar-refractivity contribution in [2.45, 2.75) is 6.61 Å². The molecule has 0 fully saturated rings. The molecule has 0 aliphatic rings. The van der Waals surface area contributed by atoms with Gasteiger partial charge in [0, 0.05) is 0 Å². The van der Waals surface area contributed by atoms with Gasteiger partial charge in [-0.05, 0) is 12.1 Å². The van der Waals surface area contributed by atoms with Crippen LogP contribution in [0.1, 0.15) is 16.2 Å². The van der Waals surface area contributed by atoms with Gasteiger partial charge in [-0.15, -0.1) is 0 Å². The van der Waals surface area contributed by atoms with E-state index in [0.717, 1.165) is 12.5 Å². The fourth-order valence-corrected chi connectivity index (χ4v) is 1.22. The highest BCUT2D eigenvalue weighted by atomic mass is 19.1. The molecule has 0 saturated heterocycles. The van der Waals surface area contributed by atoms with E-state index in [-0.39, 0.29) is 23.7 Å². The van der Waals surface area contributed by atoms with Gasteiger partial charge in [-0.1, -0.05) is 11.2 Å². The third kappa shape index (κ3) is 2.39. The summed E-state index contributed by atoms with van der Waals surface area (Å²) in [5.74, 6) is -2.17. The summed E-state index contributed by atoms with van der Waals surface area (Å²) < 4.78 is 22.9. The second kappa shape index (κ2) is 4.60. The van der Waals surface area contributed by atoms with E-state index in [1.165, 1.54) is 12.1 Å². The Kier molecular flexibility index (Phi) is 2.99. The molecule has 0 unspecified atom stereocenters. The van der Waals surface area contributed by atoms with Crippen LogP contribution in [0.25, 0.3) is 0 Å². The van der Waals surface area contributed by atoms with E-state index in [4.69, 9.17) is 9.84 Å². The van der Waals surface area contributed by atoms with Gasteiger partial charge in [-0.2, -0.15) is 4.98 Å². The Labute approximate surface area is 94.6 Å². The summed E-state index contributed by atoms with van der Waals surface area (Å²) in [5.41, 5.74) is -0.256. The minimum atomic E-state index is -1.27. The van der Waals surface area contributed by atoms with Gasteiger partial charge in [0.25, 0.3) is 0 Å². The SMILES string of the molecule is O=C(O)c1cccc(F)c1OCc1ncon1. The number of hydrogen-bond donors (Lipinski definition) is 1. The maximum absolute atomic E-state index is 13.4. The number of aromatic nitrogens is 2. The number of halogens is 1. The Morgan fingerprint density at radius 1 is 1.53 bits per heavy atom. The third-order valence-corrected chi connectivity index (χ3v) is 1.95. The van der Waals surface area contributed by atoms with Crippen LogP contribution in [0, 0.1) is 5.82 Å². The first kappa shape index (κ1) is 11.1. The Morgan fingerprint density at radius 2 is 2.35 bits per heavy atom. The van der Waals surface area contributed by atoms with Crippen LogP contribution < -0.4 is 4.74 Å². The predicted octanol–water partition coefficient (Wildman–Crippen LogP) is 1.49. The highest BCUT2D eigenvalue weighted by Gasteiger charge is 2.16. The van der Waals surface area contributed by atoms with Crippen molar-refractivity contribution in [3.05, 3.63) is 41.8 Å². The van der Waals surface area contributed by atoms with Gasteiger partial charge in [0.2, 0.25) is 12.2 Å². The Balaban J connectivity index is 2.22. The zero-order valence-corrected chi connectivity index (χ0v) is 8.46. The molecule has 2 rings (SSSR count). The zero-order valence-electron chi connectivity index (χ0n) is 8.46. The average Bonchev–Trinajstić information content (AvgIpc) is 2.80. The molecule has 0 bridgehead atoms. The number of carboxylic acid groups (broad SMARTS) is 1. The van der Waals surface area contributed by atoms with Gasteiger partial charge in [-0.3, -0.25) is 0 Å². The molecule has 0 aliphatic carbocycles. The molecule has 6 nitrogen and oxygen atoms in total. The summed E-state index contributed by atoms with van der Waals surface area (Å²) in [4.78, 5) is 14.5. The summed E-state index contributed by atoms with van der Waals surface area (Å²) in [7, 11) is 0. The number of hydrogen-bond acceptors (Lipinski definition) is 5. The van der Waals surface area contributed by atoms with Crippen LogP contribution in [0.3, 0.4) is 0 Å². The molecule has 1 aromatic heterocycles. The average molecular weight is 238 g/mol. The molecular formula is C10H7FN2O4. The van der Waals surface area contributed by atoms with Gasteiger partial charge in [-0.25, -0.2) is 9.18 Å². The molecule has 1 N–H and O–H groups in total. The van der Waals surface area contributed by atoms with Crippen molar-refractivity contribution < 1.29 is 23.6 Å². The molecule has 0 atom stereocenters.